The van der Waals surface area contributed by atoms with Gasteiger partial charge in [0.2, 0.25) is 0 Å². The monoisotopic (exact) mass is 277 g/mol. The van der Waals surface area contributed by atoms with Gasteiger partial charge in [-0.25, -0.2) is 0 Å². The molecule has 2 heteroatoms. The Balaban J connectivity index is 2.36. The summed E-state index contributed by atoms with van der Waals surface area (Å²) in [6.45, 7) is 7.35. The van der Waals surface area contributed by atoms with Gasteiger partial charge in [-0.15, -0.1) is 0 Å². The molecule has 1 rings (SSSR count). The largest absolute Gasteiger partial charge is 0.377 e. The maximum atomic E-state index is 6.02. The quantitative estimate of drug-likeness (QED) is 0.629. The Hall–Kier alpha value is -0.860. The van der Waals surface area contributed by atoms with Crippen molar-refractivity contribution in [3.8, 4) is 0 Å². The molecule has 0 amide bonds. The number of nitrogens with one attached hydrogen (secondary N) is 1. The van der Waals surface area contributed by atoms with E-state index in [0.717, 1.165) is 6.61 Å². The van der Waals surface area contributed by atoms with Gasteiger partial charge in [0, 0.05) is 0 Å². The molecule has 1 N–H and O–H groups in total. The van der Waals surface area contributed by atoms with Gasteiger partial charge in [-0.1, -0.05) is 56.9 Å². The zero-order chi connectivity index (χ0) is 14.8. The molecule has 2 atom stereocenters. The molecule has 0 aliphatic heterocycles. The molecule has 0 aliphatic rings. The first kappa shape index (κ1) is 17.2. The van der Waals surface area contributed by atoms with E-state index in [1.807, 2.05) is 7.05 Å². The summed E-state index contributed by atoms with van der Waals surface area (Å²) in [5.74, 6) is 0. The van der Waals surface area contributed by atoms with E-state index in [1.54, 1.807) is 0 Å². The van der Waals surface area contributed by atoms with Crippen LogP contribution in [0.5, 0.6) is 0 Å². The second-order valence-electron chi connectivity index (χ2n) is 5.69. The smallest absolute Gasteiger partial charge is 0.0665 e. The van der Waals surface area contributed by atoms with Gasteiger partial charge in [0.15, 0.2) is 0 Å². The van der Waals surface area contributed by atoms with Crippen molar-refractivity contribution < 1.29 is 4.74 Å². The summed E-state index contributed by atoms with van der Waals surface area (Å²) in [4.78, 5) is 0. The fraction of sp³-hybridized carbons (Fsp3) is 0.667. The van der Waals surface area contributed by atoms with Crippen LogP contribution in [0.15, 0.2) is 24.3 Å². The van der Waals surface area contributed by atoms with Crippen molar-refractivity contribution in [2.75, 3.05) is 13.7 Å². The second-order valence-corrected chi connectivity index (χ2v) is 5.69. The molecule has 0 aliphatic carbocycles. The molecule has 20 heavy (non-hydrogen) atoms. The number of likely N-dealkylation sites (N-methyl/N-ethyl adjacent to an activating group) is 1. The number of benzene rings is 1. The Morgan fingerprint density at radius 1 is 1.15 bits per heavy atom. The molecule has 0 fully saturated rings. The van der Waals surface area contributed by atoms with Crippen molar-refractivity contribution in [2.45, 2.75) is 65.0 Å². The van der Waals surface area contributed by atoms with Gasteiger partial charge in [-0.3, -0.25) is 0 Å². The van der Waals surface area contributed by atoms with Crippen molar-refractivity contribution in [2.24, 2.45) is 0 Å². The molecule has 0 spiro atoms. The van der Waals surface area contributed by atoms with Crippen molar-refractivity contribution in [3.05, 3.63) is 35.4 Å². The summed E-state index contributed by atoms with van der Waals surface area (Å²) in [6.07, 6.45) is 6.77. The van der Waals surface area contributed by atoms with E-state index in [9.17, 15) is 0 Å². The lowest BCUT2D eigenvalue weighted by Crippen LogP contribution is -2.25. The highest BCUT2D eigenvalue weighted by Crippen LogP contribution is 2.18. The predicted molar refractivity (Wildman–Crippen MR) is 87.2 cm³/mol. The standard InChI is InChI=1S/C18H31NO/c1-5-6-7-8-12-16(3)20-14-18(19-4)17-13-10-9-11-15(17)2/h9-11,13,16,18-19H,5-8,12,14H2,1-4H3. The van der Waals surface area contributed by atoms with Crippen LogP contribution in [0.3, 0.4) is 0 Å². The molecule has 2 unspecified atom stereocenters. The summed E-state index contributed by atoms with van der Waals surface area (Å²) in [6, 6.07) is 8.82. The first-order chi connectivity index (χ1) is 9.69. The lowest BCUT2D eigenvalue weighted by Gasteiger charge is -2.21. The summed E-state index contributed by atoms with van der Waals surface area (Å²) >= 11 is 0. The van der Waals surface area contributed by atoms with Crippen LogP contribution in [0, 0.1) is 6.92 Å². The molecule has 0 saturated heterocycles. The molecular weight excluding hydrogens is 246 g/mol. The Kier molecular flexibility index (Phi) is 8.56. The van der Waals surface area contributed by atoms with Gasteiger partial charge in [0.1, 0.15) is 0 Å². The fourth-order valence-corrected chi connectivity index (χ4v) is 2.51. The molecule has 0 saturated carbocycles. The van der Waals surface area contributed by atoms with Gasteiger partial charge in [-0.05, 0) is 38.4 Å². The van der Waals surface area contributed by atoms with Crippen LogP contribution >= 0.6 is 0 Å². The highest BCUT2D eigenvalue weighted by molar-refractivity contribution is 5.28. The van der Waals surface area contributed by atoms with Gasteiger partial charge >= 0.3 is 0 Å². The normalized spacial score (nSPS) is 14.2. The SMILES string of the molecule is CCCCCCC(C)OCC(NC)c1ccccc1C. The number of ether oxygens (including phenoxy) is 1. The fourth-order valence-electron chi connectivity index (χ4n) is 2.51. The van der Waals surface area contributed by atoms with Crippen molar-refractivity contribution in [3.63, 3.8) is 0 Å². The summed E-state index contributed by atoms with van der Waals surface area (Å²) in [5.41, 5.74) is 2.67. The van der Waals surface area contributed by atoms with Gasteiger partial charge in [0.25, 0.3) is 0 Å². The minimum absolute atomic E-state index is 0.286. The molecule has 0 bridgehead atoms. The van der Waals surface area contributed by atoms with Crippen LogP contribution in [0.4, 0.5) is 0 Å². The first-order valence-electron chi connectivity index (χ1n) is 8.03. The average molecular weight is 277 g/mol. The number of aryl methyl sites for hydroxylation is 1. The van der Waals surface area contributed by atoms with E-state index in [4.69, 9.17) is 4.74 Å². The molecule has 114 valence electrons. The third-order valence-electron chi connectivity index (χ3n) is 3.92. The third kappa shape index (κ3) is 6.06. The minimum Gasteiger partial charge on any atom is -0.377 e. The predicted octanol–water partition coefficient (Wildman–Crippen LogP) is 4.63. The highest BCUT2D eigenvalue weighted by atomic mass is 16.5. The summed E-state index contributed by atoms with van der Waals surface area (Å²) in [5, 5.41) is 3.37. The zero-order valence-electron chi connectivity index (χ0n) is 13.6. The molecule has 1 aromatic carbocycles. The maximum absolute atomic E-state index is 6.02. The van der Waals surface area contributed by atoms with E-state index in [-0.39, 0.29) is 6.04 Å². The Morgan fingerprint density at radius 2 is 1.90 bits per heavy atom. The zero-order valence-corrected chi connectivity index (χ0v) is 13.6. The van der Waals surface area contributed by atoms with Crippen LogP contribution in [0.25, 0.3) is 0 Å². The highest BCUT2D eigenvalue weighted by Gasteiger charge is 2.13. The Labute approximate surface area is 124 Å². The molecular formula is C18H31NO. The molecule has 2 nitrogen and oxygen atoms in total. The number of hydrogen-bond donors (Lipinski definition) is 1. The minimum atomic E-state index is 0.286. The number of unbranched alkanes of at least 4 members (excludes halogenated alkanes) is 3. The van der Waals surface area contributed by atoms with Crippen LogP contribution in [-0.4, -0.2) is 19.8 Å². The summed E-state index contributed by atoms with van der Waals surface area (Å²) in [7, 11) is 2.01. The molecule has 0 radical (unpaired) electrons. The van der Waals surface area contributed by atoms with Crippen molar-refractivity contribution in [1.29, 1.82) is 0 Å². The van der Waals surface area contributed by atoms with E-state index < -0.39 is 0 Å². The Bertz CT molecular complexity index is 364. The third-order valence-corrected chi connectivity index (χ3v) is 3.92. The van der Waals surface area contributed by atoms with Crippen LogP contribution in [0.2, 0.25) is 0 Å². The van der Waals surface area contributed by atoms with Crippen LogP contribution in [0.1, 0.15) is 63.1 Å². The lowest BCUT2D eigenvalue weighted by molar-refractivity contribution is 0.0440. The Morgan fingerprint density at radius 3 is 2.55 bits per heavy atom. The van der Waals surface area contributed by atoms with E-state index >= 15 is 0 Å². The second kappa shape index (κ2) is 9.95. The average Bonchev–Trinajstić information content (AvgIpc) is 2.46. The molecule has 0 aromatic heterocycles. The lowest BCUT2D eigenvalue weighted by atomic mass is 10.0. The van der Waals surface area contributed by atoms with Crippen LogP contribution < -0.4 is 5.32 Å². The van der Waals surface area contributed by atoms with Gasteiger partial charge in [-0.2, -0.15) is 0 Å². The topological polar surface area (TPSA) is 21.3 Å². The first-order valence-corrected chi connectivity index (χ1v) is 8.03. The van der Waals surface area contributed by atoms with Crippen molar-refractivity contribution >= 4 is 0 Å². The number of hydrogen-bond acceptors (Lipinski definition) is 2. The van der Waals surface area contributed by atoms with E-state index in [0.29, 0.717) is 6.10 Å². The van der Waals surface area contributed by atoms with Gasteiger partial charge in [0.05, 0.1) is 18.8 Å². The maximum Gasteiger partial charge on any atom is 0.0665 e. The van der Waals surface area contributed by atoms with Gasteiger partial charge < -0.3 is 10.1 Å². The van der Waals surface area contributed by atoms with Crippen LogP contribution in [-0.2, 0) is 4.74 Å². The number of rotatable bonds is 10. The van der Waals surface area contributed by atoms with E-state index in [2.05, 4.69) is 50.4 Å². The summed E-state index contributed by atoms with van der Waals surface area (Å²) < 4.78 is 6.02. The molecule has 0 heterocycles. The van der Waals surface area contributed by atoms with E-state index in [1.165, 1.54) is 43.2 Å². The molecule has 1 aromatic rings. The van der Waals surface area contributed by atoms with Crippen molar-refractivity contribution in [1.82, 2.24) is 5.32 Å².